The van der Waals surface area contributed by atoms with Gasteiger partial charge in [0, 0.05) is 12.1 Å². The van der Waals surface area contributed by atoms with Crippen LogP contribution >= 0.6 is 0 Å². The molecule has 0 atom stereocenters. The van der Waals surface area contributed by atoms with Gasteiger partial charge in [0.2, 0.25) is 5.89 Å². The molecule has 3 N–H and O–H groups in total. The molecule has 110 valence electrons. The number of hydrogen-bond donors (Lipinski definition) is 3. The number of aryl methyl sites for hydroxylation is 1. The van der Waals surface area contributed by atoms with Crippen molar-refractivity contribution in [2.75, 3.05) is 6.54 Å². The maximum Gasteiger partial charge on any atom is 0.258 e. The normalized spacial score (nSPS) is 11.9. The predicted octanol–water partition coefficient (Wildman–Crippen LogP) is -0.311. The molecule has 0 aliphatic rings. The molecular weight excluding hydrogens is 284 g/mol. The third kappa shape index (κ3) is 3.40. The van der Waals surface area contributed by atoms with Crippen molar-refractivity contribution in [2.24, 2.45) is 0 Å². The van der Waals surface area contributed by atoms with Gasteiger partial charge in [0.25, 0.3) is 10.0 Å². The molecule has 0 bridgehead atoms. The van der Waals surface area contributed by atoms with Crippen LogP contribution in [0, 0.1) is 6.92 Å². The number of rotatable bonds is 7. The van der Waals surface area contributed by atoms with Gasteiger partial charge in [-0.1, -0.05) is 12.1 Å². The Balaban J connectivity index is 2.08. The molecule has 0 aromatic carbocycles. The summed E-state index contributed by atoms with van der Waals surface area (Å²) in [7, 11) is -3.70. The van der Waals surface area contributed by atoms with Gasteiger partial charge in [-0.2, -0.15) is 10.1 Å². The van der Waals surface area contributed by atoms with E-state index in [1.165, 1.54) is 6.20 Å². The Morgan fingerprint density at radius 1 is 1.40 bits per heavy atom. The van der Waals surface area contributed by atoms with E-state index in [0.717, 1.165) is 6.54 Å². The minimum atomic E-state index is -3.70. The van der Waals surface area contributed by atoms with Crippen molar-refractivity contribution in [1.82, 2.24) is 30.4 Å². The van der Waals surface area contributed by atoms with Gasteiger partial charge < -0.3 is 9.84 Å². The number of aromatic nitrogens is 4. The van der Waals surface area contributed by atoms with E-state index < -0.39 is 10.0 Å². The maximum atomic E-state index is 12.2. The summed E-state index contributed by atoms with van der Waals surface area (Å²) >= 11 is 0. The number of aromatic amines is 1. The molecule has 0 aliphatic heterocycles. The highest BCUT2D eigenvalue weighted by molar-refractivity contribution is 7.89. The lowest BCUT2D eigenvalue weighted by atomic mass is 10.3. The molecule has 2 rings (SSSR count). The molecule has 0 spiro atoms. The molecule has 10 heteroatoms. The lowest BCUT2D eigenvalue weighted by Gasteiger charge is -2.05. The third-order valence-corrected chi connectivity index (χ3v) is 3.91. The first kappa shape index (κ1) is 14.6. The summed E-state index contributed by atoms with van der Waals surface area (Å²) in [6.07, 6.45) is 1.48. The summed E-state index contributed by atoms with van der Waals surface area (Å²) < 4.78 is 31.5. The van der Waals surface area contributed by atoms with E-state index in [1.807, 2.05) is 6.92 Å². The second kappa shape index (κ2) is 6.11. The smallest absolute Gasteiger partial charge is 0.258 e. The van der Waals surface area contributed by atoms with Crippen molar-refractivity contribution in [2.45, 2.75) is 32.0 Å². The Morgan fingerprint density at radius 3 is 2.85 bits per heavy atom. The molecule has 0 unspecified atom stereocenters. The molecule has 0 saturated carbocycles. The Bertz CT molecular complexity index is 662. The van der Waals surface area contributed by atoms with Crippen LogP contribution in [0.3, 0.4) is 0 Å². The van der Waals surface area contributed by atoms with Crippen LogP contribution in [0.5, 0.6) is 0 Å². The number of sulfonamides is 1. The van der Waals surface area contributed by atoms with Crippen molar-refractivity contribution >= 4 is 10.0 Å². The van der Waals surface area contributed by atoms with Gasteiger partial charge in [-0.05, 0) is 13.5 Å². The van der Waals surface area contributed by atoms with Crippen molar-refractivity contribution in [3.63, 3.8) is 0 Å². The molecule has 20 heavy (non-hydrogen) atoms. The zero-order valence-electron chi connectivity index (χ0n) is 11.2. The monoisotopic (exact) mass is 300 g/mol. The first-order valence-electron chi connectivity index (χ1n) is 6.04. The summed E-state index contributed by atoms with van der Waals surface area (Å²) in [6.45, 7) is 4.68. The van der Waals surface area contributed by atoms with E-state index in [9.17, 15) is 8.42 Å². The minimum absolute atomic E-state index is 0.0367. The van der Waals surface area contributed by atoms with Gasteiger partial charge in [-0.15, -0.1) is 0 Å². The standard InChI is InChI=1S/C10H16N6O3S/c1-3-11-4-8-5-12-15-10(8)20(17,18)13-6-9-14-7(2)16-19-9/h5,11,13H,3-4,6H2,1-2H3,(H,12,15). The molecule has 0 saturated heterocycles. The summed E-state index contributed by atoms with van der Waals surface area (Å²) in [5.74, 6) is 0.660. The lowest BCUT2D eigenvalue weighted by Crippen LogP contribution is -2.25. The van der Waals surface area contributed by atoms with Gasteiger partial charge in [-0.3, -0.25) is 5.10 Å². The second-order valence-corrected chi connectivity index (χ2v) is 5.77. The molecule has 2 aromatic rings. The Morgan fingerprint density at radius 2 is 2.20 bits per heavy atom. The summed E-state index contributed by atoms with van der Waals surface area (Å²) in [4.78, 5) is 3.92. The molecule has 2 heterocycles. The Kier molecular flexibility index (Phi) is 4.47. The molecule has 0 fully saturated rings. The number of H-pyrrole nitrogens is 1. The summed E-state index contributed by atoms with van der Waals surface area (Å²) in [6, 6.07) is 0. The van der Waals surface area contributed by atoms with Crippen LogP contribution < -0.4 is 10.0 Å². The molecule has 0 aliphatic carbocycles. The minimum Gasteiger partial charge on any atom is -0.338 e. The van der Waals surface area contributed by atoms with Crippen LogP contribution in [-0.2, 0) is 23.1 Å². The van der Waals surface area contributed by atoms with Gasteiger partial charge >= 0.3 is 0 Å². The molecule has 9 nitrogen and oxygen atoms in total. The zero-order chi connectivity index (χ0) is 14.6. The fourth-order valence-electron chi connectivity index (χ4n) is 1.56. The average molecular weight is 300 g/mol. The SMILES string of the molecule is CCNCc1cn[nH]c1S(=O)(=O)NCc1nc(C)no1. The van der Waals surface area contributed by atoms with Gasteiger partial charge in [0.05, 0.1) is 12.7 Å². The number of nitrogens with zero attached hydrogens (tertiary/aromatic N) is 3. The molecular formula is C10H16N6O3S. The van der Waals surface area contributed by atoms with Gasteiger partial charge in [0.1, 0.15) is 0 Å². The van der Waals surface area contributed by atoms with Crippen LogP contribution in [0.25, 0.3) is 0 Å². The van der Waals surface area contributed by atoms with E-state index >= 15 is 0 Å². The van der Waals surface area contributed by atoms with Crippen molar-refractivity contribution in [3.05, 3.63) is 23.5 Å². The van der Waals surface area contributed by atoms with E-state index in [1.54, 1.807) is 6.92 Å². The fraction of sp³-hybridized carbons (Fsp3) is 0.500. The highest BCUT2D eigenvalue weighted by Gasteiger charge is 2.21. The van der Waals surface area contributed by atoms with Crippen LogP contribution in [0.15, 0.2) is 15.7 Å². The predicted molar refractivity (Wildman–Crippen MR) is 69.0 cm³/mol. The second-order valence-electron chi connectivity index (χ2n) is 4.06. The maximum absolute atomic E-state index is 12.2. The Labute approximate surface area is 116 Å². The van der Waals surface area contributed by atoms with Crippen molar-refractivity contribution in [1.29, 1.82) is 0 Å². The van der Waals surface area contributed by atoms with Gasteiger partial charge in [-0.25, -0.2) is 13.1 Å². The summed E-state index contributed by atoms with van der Waals surface area (Å²) in [5, 5.41) is 12.9. The zero-order valence-corrected chi connectivity index (χ0v) is 12.0. The largest absolute Gasteiger partial charge is 0.338 e. The fourth-order valence-corrected chi connectivity index (χ4v) is 2.66. The quantitative estimate of drug-likeness (QED) is 0.640. The van der Waals surface area contributed by atoms with Crippen LogP contribution in [0.4, 0.5) is 0 Å². The topological polar surface area (TPSA) is 126 Å². The van der Waals surface area contributed by atoms with Crippen LogP contribution in [-0.4, -0.2) is 35.3 Å². The molecule has 0 radical (unpaired) electrons. The average Bonchev–Trinajstić information content (AvgIpc) is 3.03. The first-order chi connectivity index (χ1) is 9.53. The highest BCUT2D eigenvalue weighted by atomic mass is 32.2. The third-order valence-electron chi connectivity index (χ3n) is 2.50. The Hall–Kier alpha value is -1.78. The number of nitrogens with one attached hydrogen (secondary N) is 3. The van der Waals surface area contributed by atoms with Gasteiger partial charge in [0.15, 0.2) is 10.9 Å². The van der Waals surface area contributed by atoms with Crippen molar-refractivity contribution < 1.29 is 12.9 Å². The van der Waals surface area contributed by atoms with Crippen LogP contribution in [0.2, 0.25) is 0 Å². The molecule has 2 aromatic heterocycles. The van der Waals surface area contributed by atoms with E-state index in [-0.39, 0.29) is 17.5 Å². The van der Waals surface area contributed by atoms with Crippen molar-refractivity contribution in [3.8, 4) is 0 Å². The van der Waals surface area contributed by atoms with E-state index in [0.29, 0.717) is 17.9 Å². The lowest BCUT2D eigenvalue weighted by molar-refractivity contribution is 0.372. The first-order valence-corrected chi connectivity index (χ1v) is 7.53. The van der Waals surface area contributed by atoms with E-state index in [2.05, 4.69) is 30.4 Å². The molecule has 0 amide bonds. The van der Waals surface area contributed by atoms with E-state index in [4.69, 9.17) is 4.52 Å². The number of hydrogen-bond acceptors (Lipinski definition) is 7. The van der Waals surface area contributed by atoms with Crippen LogP contribution in [0.1, 0.15) is 24.2 Å². The summed E-state index contributed by atoms with van der Waals surface area (Å²) in [5.41, 5.74) is 0.570. The highest BCUT2D eigenvalue weighted by Crippen LogP contribution is 2.12.